The molecule has 0 atom stereocenters. The maximum Gasteiger partial charge on any atom is 0.213 e. The summed E-state index contributed by atoms with van der Waals surface area (Å²) in [6.45, 7) is 2.22. The van der Waals surface area contributed by atoms with Crippen molar-refractivity contribution in [1.29, 1.82) is 0 Å². The quantitative estimate of drug-likeness (QED) is 0.609. The fourth-order valence-corrected chi connectivity index (χ4v) is 3.16. The molecule has 0 aliphatic rings. The van der Waals surface area contributed by atoms with Crippen LogP contribution < -0.4 is 15.8 Å². The van der Waals surface area contributed by atoms with Crippen molar-refractivity contribution in [1.82, 2.24) is 4.72 Å². The van der Waals surface area contributed by atoms with Gasteiger partial charge in [0.05, 0.1) is 22.0 Å². The van der Waals surface area contributed by atoms with Crippen LogP contribution in [0.1, 0.15) is 6.92 Å². The molecular weight excluding hydrogens is 302 g/mol. The van der Waals surface area contributed by atoms with E-state index in [1.165, 1.54) is 18.2 Å². The standard InChI is InChI=1S/C11H19N3O4S2/c1-3-14-20(17,18)7-6-13-11-5-4-9(8-10(11)12)19(2,15)16/h4-5,8,13-14H,3,6-7,12H2,1-2H3. The van der Waals surface area contributed by atoms with Gasteiger partial charge in [-0.1, -0.05) is 6.92 Å². The number of sulfonamides is 1. The normalized spacial score (nSPS) is 12.3. The number of hydrogen-bond donors (Lipinski definition) is 3. The van der Waals surface area contributed by atoms with Crippen molar-refractivity contribution >= 4 is 31.2 Å². The summed E-state index contributed by atoms with van der Waals surface area (Å²) in [6, 6.07) is 4.29. The van der Waals surface area contributed by atoms with E-state index in [9.17, 15) is 16.8 Å². The minimum absolute atomic E-state index is 0.0892. The van der Waals surface area contributed by atoms with E-state index in [1.807, 2.05) is 0 Å². The summed E-state index contributed by atoms with van der Waals surface area (Å²) < 4.78 is 47.9. The second-order valence-electron chi connectivity index (χ2n) is 4.26. The van der Waals surface area contributed by atoms with Gasteiger partial charge in [-0.05, 0) is 18.2 Å². The van der Waals surface area contributed by atoms with Gasteiger partial charge < -0.3 is 11.1 Å². The first-order chi connectivity index (χ1) is 9.15. The number of nitrogen functional groups attached to an aromatic ring is 1. The fourth-order valence-electron chi connectivity index (χ4n) is 1.54. The summed E-state index contributed by atoms with van der Waals surface area (Å²) in [5.74, 6) is -0.0892. The number of benzene rings is 1. The SMILES string of the molecule is CCNS(=O)(=O)CCNc1ccc(S(C)(=O)=O)cc1N. The Bertz CT molecular complexity index is 669. The summed E-state index contributed by atoms with van der Waals surface area (Å²) in [5.41, 5.74) is 6.50. The smallest absolute Gasteiger partial charge is 0.213 e. The highest BCUT2D eigenvalue weighted by Gasteiger charge is 2.11. The van der Waals surface area contributed by atoms with Gasteiger partial charge in [0, 0.05) is 19.3 Å². The van der Waals surface area contributed by atoms with Crippen molar-refractivity contribution in [3.05, 3.63) is 18.2 Å². The lowest BCUT2D eigenvalue weighted by Crippen LogP contribution is -2.29. The molecule has 0 radical (unpaired) electrons. The molecular formula is C11H19N3O4S2. The van der Waals surface area contributed by atoms with Crippen molar-refractivity contribution in [3.8, 4) is 0 Å². The zero-order chi connectivity index (χ0) is 15.4. The van der Waals surface area contributed by atoms with Crippen LogP contribution in [0.25, 0.3) is 0 Å². The van der Waals surface area contributed by atoms with Crippen molar-refractivity contribution in [2.24, 2.45) is 0 Å². The lowest BCUT2D eigenvalue weighted by atomic mass is 10.2. The van der Waals surface area contributed by atoms with E-state index in [0.717, 1.165) is 6.26 Å². The van der Waals surface area contributed by atoms with E-state index in [-0.39, 0.29) is 22.9 Å². The number of sulfone groups is 1. The van der Waals surface area contributed by atoms with Crippen LogP contribution in [0.3, 0.4) is 0 Å². The third-order valence-corrected chi connectivity index (χ3v) is 5.08. The summed E-state index contributed by atoms with van der Waals surface area (Å²) in [4.78, 5) is 0.126. The Balaban J connectivity index is 2.71. The molecule has 114 valence electrons. The van der Waals surface area contributed by atoms with Crippen LogP contribution in [0, 0.1) is 0 Å². The van der Waals surface area contributed by atoms with Gasteiger partial charge >= 0.3 is 0 Å². The van der Waals surface area contributed by atoms with Gasteiger partial charge in [0.2, 0.25) is 10.0 Å². The molecule has 9 heteroatoms. The van der Waals surface area contributed by atoms with Gasteiger partial charge in [0.1, 0.15) is 0 Å². The first-order valence-electron chi connectivity index (χ1n) is 5.96. The molecule has 0 saturated heterocycles. The highest BCUT2D eigenvalue weighted by molar-refractivity contribution is 7.90. The summed E-state index contributed by atoms with van der Waals surface area (Å²) in [5, 5.41) is 2.87. The number of hydrogen-bond acceptors (Lipinski definition) is 6. The van der Waals surface area contributed by atoms with Crippen LogP contribution in [0.15, 0.2) is 23.1 Å². The molecule has 1 aromatic rings. The number of nitrogens with two attached hydrogens (primary N) is 1. The van der Waals surface area contributed by atoms with Gasteiger partial charge in [-0.15, -0.1) is 0 Å². The van der Waals surface area contributed by atoms with Crippen LogP contribution in [0.5, 0.6) is 0 Å². The van der Waals surface area contributed by atoms with Crippen LogP contribution in [0.2, 0.25) is 0 Å². The molecule has 0 aromatic heterocycles. The van der Waals surface area contributed by atoms with Crippen molar-refractivity contribution < 1.29 is 16.8 Å². The summed E-state index contributed by atoms with van der Waals surface area (Å²) in [7, 11) is -6.60. The first-order valence-corrected chi connectivity index (χ1v) is 9.51. The lowest BCUT2D eigenvalue weighted by Gasteiger charge is -2.11. The molecule has 0 unspecified atom stereocenters. The predicted molar refractivity (Wildman–Crippen MR) is 79.9 cm³/mol. The molecule has 0 bridgehead atoms. The van der Waals surface area contributed by atoms with E-state index in [0.29, 0.717) is 12.2 Å². The van der Waals surface area contributed by atoms with Crippen LogP contribution in [-0.4, -0.2) is 41.9 Å². The average Bonchev–Trinajstić information content (AvgIpc) is 2.29. The fraction of sp³-hybridized carbons (Fsp3) is 0.455. The van der Waals surface area contributed by atoms with Crippen molar-refractivity contribution in [2.45, 2.75) is 11.8 Å². The first kappa shape index (κ1) is 16.7. The van der Waals surface area contributed by atoms with Gasteiger partial charge in [0.25, 0.3) is 0 Å². The van der Waals surface area contributed by atoms with Gasteiger partial charge in [-0.2, -0.15) is 0 Å². The zero-order valence-electron chi connectivity index (χ0n) is 11.4. The highest BCUT2D eigenvalue weighted by Crippen LogP contribution is 2.22. The largest absolute Gasteiger partial charge is 0.397 e. The Morgan fingerprint density at radius 1 is 1.20 bits per heavy atom. The molecule has 0 spiro atoms. The van der Waals surface area contributed by atoms with Gasteiger partial charge in [-0.3, -0.25) is 0 Å². The highest BCUT2D eigenvalue weighted by atomic mass is 32.2. The molecule has 20 heavy (non-hydrogen) atoms. The molecule has 1 rings (SSSR count). The molecule has 0 aliphatic carbocycles. The molecule has 0 fully saturated rings. The van der Waals surface area contributed by atoms with E-state index in [2.05, 4.69) is 10.0 Å². The monoisotopic (exact) mass is 321 g/mol. The molecule has 0 saturated carbocycles. The van der Waals surface area contributed by atoms with Gasteiger partial charge in [0.15, 0.2) is 9.84 Å². The molecule has 1 aromatic carbocycles. The minimum Gasteiger partial charge on any atom is -0.397 e. The minimum atomic E-state index is -3.31. The second-order valence-corrected chi connectivity index (χ2v) is 8.21. The topological polar surface area (TPSA) is 118 Å². The van der Waals surface area contributed by atoms with Crippen molar-refractivity contribution in [2.75, 3.05) is 36.1 Å². The molecule has 7 nitrogen and oxygen atoms in total. The Morgan fingerprint density at radius 2 is 1.85 bits per heavy atom. The van der Waals surface area contributed by atoms with Crippen LogP contribution in [-0.2, 0) is 19.9 Å². The number of nitrogens with one attached hydrogen (secondary N) is 2. The van der Waals surface area contributed by atoms with Crippen molar-refractivity contribution in [3.63, 3.8) is 0 Å². The van der Waals surface area contributed by atoms with Crippen LogP contribution in [0.4, 0.5) is 11.4 Å². The zero-order valence-corrected chi connectivity index (χ0v) is 13.0. The third-order valence-electron chi connectivity index (χ3n) is 2.50. The van der Waals surface area contributed by atoms with E-state index < -0.39 is 19.9 Å². The second kappa shape index (κ2) is 6.42. The van der Waals surface area contributed by atoms with E-state index >= 15 is 0 Å². The number of rotatable bonds is 7. The summed E-state index contributed by atoms with van der Waals surface area (Å²) >= 11 is 0. The van der Waals surface area contributed by atoms with E-state index in [4.69, 9.17) is 5.73 Å². The summed E-state index contributed by atoms with van der Waals surface area (Å²) in [6.07, 6.45) is 1.10. The third kappa shape index (κ3) is 4.99. The molecule has 0 aliphatic heterocycles. The predicted octanol–water partition coefficient (Wildman–Crippen LogP) is 0.0235. The lowest BCUT2D eigenvalue weighted by molar-refractivity contribution is 0.584. The van der Waals surface area contributed by atoms with Crippen LogP contribution >= 0.6 is 0 Å². The average molecular weight is 321 g/mol. The molecule has 0 heterocycles. The van der Waals surface area contributed by atoms with E-state index in [1.54, 1.807) is 6.92 Å². The Morgan fingerprint density at radius 3 is 2.35 bits per heavy atom. The molecule has 4 N–H and O–H groups in total. The Kier molecular flexibility index (Phi) is 5.37. The van der Waals surface area contributed by atoms with Gasteiger partial charge in [-0.25, -0.2) is 21.6 Å². The maximum atomic E-state index is 11.4. The maximum absolute atomic E-state index is 11.4. The Labute approximate surface area is 119 Å². The number of anilines is 2. The molecule has 0 amide bonds. The Hall–Kier alpha value is -1.32.